The van der Waals surface area contributed by atoms with E-state index in [1.165, 1.54) is 0 Å². The number of hydrogen-bond donors (Lipinski definition) is 2. The van der Waals surface area contributed by atoms with Crippen LogP contribution in [0.3, 0.4) is 0 Å². The van der Waals surface area contributed by atoms with Crippen LogP contribution in [0.4, 0.5) is 11.5 Å². The van der Waals surface area contributed by atoms with Crippen molar-refractivity contribution in [3.63, 3.8) is 0 Å². The van der Waals surface area contributed by atoms with Gasteiger partial charge in [-0.15, -0.1) is 0 Å². The standard InChI is InChI=1S/C13H13N3OS/c1-16(9-4-2-5-10(17)8-9)13-11(12(14)18)6-3-7-15-13/h2-8,17H,1H3,(H2,14,18). The Labute approximate surface area is 111 Å². The number of anilines is 2. The van der Waals surface area contributed by atoms with Gasteiger partial charge < -0.3 is 15.7 Å². The molecular formula is C13H13N3OS. The number of benzene rings is 1. The lowest BCUT2D eigenvalue weighted by molar-refractivity contribution is 0.475. The first-order valence-corrected chi connectivity index (χ1v) is 5.78. The second-order valence-corrected chi connectivity index (χ2v) is 4.26. The van der Waals surface area contributed by atoms with E-state index in [2.05, 4.69) is 4.98 Å². The maximum absolute atomic E-state index is 9.49. The zero-order valence-corrected chi connectivity index (χ0v) is 10.7. The minimum absolute atomic E-state index is 0.201. The van der Waals surface area contributed by atoms with Crippen molar-refractivity contribution in [2.24, 2.45) is 5.73 Å². The van der Waals surface area contributed by atoms with Gasteiger partial charge in [0, 0.05) is 25.0 Å². The third-order valence-electron chi connectivity index (χ3n) is 2.59. The van der Waals surface area contributed by atoms with Gasteiger partial charge in [0.15, 0.2) is 0 Å². The molecule has 0 spiro atoms. The molecule has 0 aliphatic rings. The third-order valence-corrected chi connectivity index (χ3v) is 2.81. The molecule has 0 saturated carbocycles. The van der Waals surface area contributed by atoms with Crippen LogP contribution in [0.25, 0.3) is 0 Å². The van der Waals surface area contributed by atoms with Gasteiger partial charge in [0.25, 0.3) is 0 Å². The normalized spacial score (nSPS) is 10.1. The summed E-state index contributed by atoms with van der Waals surface area (Å²) in [6.07, 6.45) is 1.68. The van der Waals surface area contributed by atoms with Gasteiger partial charge in [0.2, 0.25) is 0 Å². The predicted molar refractivity (Wildman–Crippen MR) is 76.3 cm³/mol. The fourth-order valence-electron chi connectivity index (χ4n) is 1.68. The third kappa shape index (κ3) is 2.41. The van der Waals surface area contributed by atoms with Gasteiger partial charge >= 0.3 is 0 Å². The molecule has 1 aromatic carbocycles. The van der Waals surface area contributed by atoms with E-state index in [4.69, 9.17) is 18.0 Å². The molecule has 0 aliphatic heterocycles. The minimum Gasteiger partial charge on any atom is -0.508 e. The molecule has 0 radical (unpaired) electrons. The van der Waals surface area contributed by atoms with Crippen molar-refractivity contribution in [2.45, 2.75) is 0 Å². The summed E-state index contributed by atoms with van der Waals surface area (Å²) in [6.45, 7) is 0. The second kappa shape index (κ2) is 5.01. The number of aromatic hydroxyl groups is 1. The lowest BCUT2D eigenvalue weighted by atomic mass is 10.2. The summed E-state index contributed by atoms with van der Waals surface area (Å²) in [4.78, 5) is 6.41. The highest BCUT2D eigenvalue weighted by Crippen LogP contribution is 2.27. The highest BCUT2D eigenvalue weighted by molar-refractivity contribution is 7.80. The van der Waals surface area contributed by atoms with Gasteiger partial charge in [-0.05, 0) is 24.3 Å². The highest BCUT2D eigenvalue weighted by Gasteiger charge is 2.12. The largest absolute Gasteiger partial charge is 0.508 e. The monoisotopic (exact) mass is 259 g/mol. The second-order valence-electron chi connectivity index (χ2n) is 3.82. The molecule has 0 unspecified atom stereocenters. The summed E-state index contributed by atoms with van der Waals surface area (Å²) in [7, 11) is 1.85. The number of phenolic OH excluding ortho intramolecular Hbond substituents is 1. The smallest absolute Gasteiger partial charge is 0.142 e. The van der Waals surface area contributed by atoms with E-state index in [9.17, 15) is 5.11 Å². The van der Waals surface area contributed by atoms with Crippen molar-refractivity contribution in [2.75, 3.05) is 11.9 Å². The molecule has 1 aromatic heterocycles. The Bertz CT molecular complexity index is 586. The summed E-state index contributed by atoms with van der Waals surface area (Å²) in [5.41, 5.74) is 7.19. The van der Waals surface area contributed by atoms with Gasteiger partial charge in [-0.1, -0.05) is 18.3 Å². The number of thiocarbonyl (C=S) groups is 1. The van der Waals surface area contributed by atoms with E-state index in [1.807, 2.05) is 24.1 Å². The van der Waals surface area contributed by atoms with E-state index in [1.54, 1.807) is 30.5 Å². The molecule has 0 saturated heterocycles. The van der Waals surface area contributed by atoms with Crippen molar-refractivity contribution < 1.29 is 5.11 Å². The topological polar surface area (TPSA) is 62.4 Å². The van der Waals surface area contributed by atoms with Crippen molar-refractivity contribution in [3.8, 4) is 5.75 Å². The number of hydrogen-bond acceptors (Lipinski definition) is 4. The maximum Gasteiger partial charge on any atom is 0.142 e. The molecule has 0 bridgehead atoms. The molecule has 0 atom stereocenters. The molecular weight excluding hydrogens is 246 g/mol. The summed E-state index contributed by atoms with van der Waals surface area (Å²) in [5.74, 6) is 0.864. The Hall–Kier alpha value is -2.14. The van der Waals surface area contributed by atoms with E-state index in [0.717, 1.165) is 5.69 Å². The van der Waals surface area contributed by atoms with Crippen LogP contribution < -0.4 is 10.6 Å². The Kier molecular flexibility index (Phi) is 3.43. The molecule has 5 heteroatoms. The molecule has 2 aromatic rings. The maximum atomic E-state index is 9.49. The Morgan fingerprint density at radius 1 is 1.33 bits per heavy atom. The van der Waals surface area contributed by atoms with E-state index in [0.29, 0.717) is 16.4 Å². The van der Waals surface area contributed by atoms with E-state index in [-0.39, 0.29) is 5.75 Å². The average molecular weight is 259 g/mol. The van der Waals surface area contributed by atoms with Gasteiger partial charge in [-0.25, -0.2) is 4.98 Å². The highest BCUT2D eigenvalue weighted by atomic mass is 32.1. The molecule has 4 nitrogen and oxygen atoms in total. The van der Waals surface area contributed by atoms with Crippen molar-refractivity contribution >= 4 is 28.7 Å². The lowest BCUT2D eigenvalue weighted by Gasteiger charge is -2.20. The van der Waals surface area contributed by atoms with Crippen LogP contribution >= 0.6 is 12.2 Å². The molecule has 18 heavy (non-hydrogen) atoms. The number of pyridine rings is 1. The van der Waals surface area contributed by atoms with Gasteiger partial charge in [-0.3, -0.25) is 0 Å². The fourth-order valence-corrected chi connectivity index (χ4v) is 1.84. The lowest BCUT2D eigenvalue weighted by Crippen LogP contribution is -2.18. The number of rotatable bonds is 3. The zero-order chi connectivity index (χ0) is 13.1. The van der Waals surface area contributed by atoms with E-state index >= 15 is 0 Å². The van der Waals surface area contributed by atoms with Crippen molar-refractivity contribution in [3.05, 3.63) is 48.2 Å². The van der Waals surface area contributed by atoms with Gasteiger partial charge in [0.1, 0.15) is 16.6 Å². The quantitative estimate of drug-likeness (QED) is 0.827. The molecule has 0 aliphatic carbocycles. The first kappa shape index (κ1) is 12.3. The zero-order valence-electron chi connectivity index (χ0n) is 9.87. The van der Waals surface area contributed by atoms with Crippen LogP contribution in [-0.4, -0.2) is 22.1 Å². The number of phenols is 1. The molecule has 1 heterocycles. The summed E-state index contributed by atoms with van der Waals surface area (Å²) in [5, 5.41) is 9.49. The minimum atomic E-state index is 0.201. The fraction of sp³-hybridized carbons (Fsp3) is 0.0769. The Morgan fingerprint density at radius 3 is 2.78 bits per heavy atom. The van der Waals surface area contributed by atoms with Crippen molar-refractivity contribution in [1.82, 2.24) is 4.98 Å². The molecule has 92 valence electrons. The summed E-state index contributed by atoms with van der Waals surface area (Å²) in [6, 6.07) is 10.5. The van der Waals surface area contributed by atoms with Crippen LogP contribution in [0.1, 0.15) is 5.56 Å². The van der Waals surface area contributed by atoms with E-state index < -0.39 is 0 Å². The SMILES string of the molecule is CN(c1cccc(O)c1)c1ncccc1C(N)=S. The average Bonchev–Trinajstić information content (AvgIpc) is 2.38. The number of aromatic nitrogens is 1. The van der Waals surface area contributed by atoms with Crippen LogP contribution in [-0.2, 0) is 0 Å². The van der Waals surface area contributed by atoms with Crippen LogP contribution in [0.15, 0.2) is 42.6 Å². The van der Waals surface area contributed by atoms with Gasteiger partial charge in [-0.2, -0.15) is 0 Å². The Balaban J connectivity index is 2.46. The molecule has 0 fully saturated rings. The van der Waals surface area contributed by atoms with Crippen molar-refractivity contribution in [1.29, 1.82) is 0 Å². The number of nitrogens with zero attached hydrogens (tertiary/aromatic N) is 2. The first-order valence-electron chi connectivity index (χ1n) is 5.37. The molecule has 0 amide bonds. The van der Waals surface area contributed by atoms with Crippen LogP contribution in [0, 0.1) is 0 Å². The summed E-state index contributed by atoms with van der Waals surface area (Å²) >= 11 is 5.01. The predicted octanol–water partition coefficient (Wildman–Crippen LogP) is 2.19. The molecule has 2 rings (SSSR count). The number of nitrogens with two attached hydrogens (primary N) is 1. The van der Waals surface area contributed by atoms with Gasteiger partial charge in [0.05, 0.1) is 5.56 Å². The summed E-state index contributed by atoms with van der Waals surface area (Å²) < 4.78 is 0. The first-order chi connectivity index (χ1) is 8.59. The Morgan fingerprint density at radius 2 is 2.11 bits per heavy atom. The molecule has 3 N–H and O–H groups in total. The van der Waals surface area contributed by atoms with Crippen LogP contribution in [0.2, 0.25) is 0 Å². The van der Waals surface area contributed by atoms with Crippen LogP contribution in [0.5, 0.6) is 5.75 Å².